The monoisotopic (exact) mass is 179 g/mol. The molecule has 1 aliphatic heterocycles. The average Bonchev–Trinajstić information content (AvgIpc) is 2.20. The molecule has 1 fully saturated rings. The second kappa shape index (κ2) is 3.72. The summed E-state index contributed by atoms with van der Waals surface area (Å²) in [5.41, 5.74) is 1.08. The van der Waals surface area contributed by atoms with E-state index in [0.717, 1.165) is 25.2 Å². The zero-order valence-electron chi connectivity index (χ0n) is 7.34. The van der Waals surface area contributed by atoms with Crippen LogP contribution in [0.25, 0.3) is 0 Å². The molecule has 2 heterocycles. The second-order valence-electron chi connectivity index (χ2n) is 3.20. The third-order valence-corrected chi connectivity index (χ3v) is 2.25. The number of hydrogen-bond donors (Lipinski definition) is 3. The molecule has 2 rings (SSSR count). The Labute approximate surface area is 76.4 Å². The molecule has 0 unspecified atom stereocenters. The Bertz CT molecular complexity index is 307. The Morgan fingerprint density at radius 2 is 2.23 bits per heavy atom. The van der Waals surface area contributed by atoms with Crippen molar-refractivity contribution in [1.29, 1.82) is 0 Å². The minimum atomic E-state index is -0.0486. The van der Waals surface area contributed by atoms with Crippen molar-refractivity contribution in [2.75, 3.05) is 19.6 Å². The Morgan fingerprint density at radius 1 is 1.31 bits per heavy atom. The molecule has 1 aromatic rings. The smallest absolute Gasteiger partial charge is 0.247 e. The topological polar surface area (TPSA) is 56.9 Å². The van der Waals surface area contributed by atoms with Crippen molar-refractivity contribution in [2.45, 2.75) is 6.04 Å². The van der Waals surface area contributed by atoms with Crippen molar-refractivity contribution in [1.82, 2.24) is 15.6 Å². The van der Waals surface area contributed by atoms with Crippen molar-refractivity contribution >= 4 is 0 Å². The summed E-state index contributed by atoms with van der Waals surface area (Å²) < 4.78 is 0. The summed E-state index contributed by atoms with van der Waals surface area (Å²) in [6.45, 7) is 2.91. The van der Waals surface area contributed by atoms with Gasteiger partial charge in [-0.25, -0.2) is 0 Å². The highest BCUT2D eigenvalue weighted by atomic mass is 16.1. The predicted octanol–water partition coefficient (Wildman–Crippen LogP) is -0.391. The summed E-state index contributed by atoms with van der Waals surface area (Å²) in [5.74, 6) is 0. The molecule has 0 radical (unpaired) electrons. The summed E-state index contributed by atoms with van der Waals surface area (Å²) in [7, 11) is 0. The lowest BCUT2D eigenvalue weighted by Crippen LogP contribution is -2.42. The van der Waals surface area contributed by atoms with Gasteiger partial charge >= 0.3 is 0 Å². The predicted molar refractivity (Wildman–Crippen MR) is 50.7 cm³/mol. The Morgan fingerprint density at radius 3 is 2.85 bits per heavy atom. The van der Waals surface area contributed by atoms with Gasteiger partial charge in [0.25, 0.3) is 0 Å². The molecule has 0 aromatic carbocycles. The number of piperazine rings is 1. The van der Waals surface area contributed by atoms with Crippen LogP contribution in [0.2, 0.25) is 0 Å². The number of pyridine rings is 1. The fourth-order valence-electron chi connectivity index (χ4n) is 1.53. The number of H-pyrrole nitrogens is 1. The van der Waals surface area contributed by atoms with E-state index in [9.17, 15) is 4.79 Å². The Kier molecular flexibility index (Phi) is 2.42. The highest BCUT2D eigenvalue weighted by Crippen LogP contribution is 2.09. The van der Waals surface area contributed by atoms with Crippen molar-refractivity contribution in [3.8, 4) is 0 Å². The molecule has 1 saturated heterocycles. The lowest BCUT2D eigenvalue weighted by Gasteiger charge is -2.24. The van der Waals surface area contributed by atoms with Crippen molar-refractivity contribution in [2.24, 2.45) is 0 Å². The summed E-state index contributed by atoms with van der Waals surface area (Å²) in [6, 6.07) is 3.75. The zero-order valence-corrected chi connectivity index (χ0v) is 7.34. The van der Waals surface area contributed by atoms with Crippen molar-refractivity contribution < 1.29 is 0 Å². The molecule has 0 amide bonds. The van der Waals surface area contributed by atoms with Gasteiger partial charge in [0.15, 0.2) is 0 Å². The molecule has 1 atom stereocenters. The maximum absolute atomic E-state index is 10.8. The van der Waals surface area contributed by atoms with Crippen molar-refractivity contribution in [3.05, 3.63) is 34.2 Å². The minimum Gasteiger partial charge on any atom is -0.329 e. The molecule has 0 aliphatic carbocycles. The molecule has 0 spiro atoms. The van der Waals surface area contributed by atoms with E-state index in [1.165, 1.54) is 0 Å². The molecule has 13 heavy (non-hydrogen) atoms. The molecule has 0 saturated carbocycles. The fraction of sp³-hybridized carbons (Fsp3) is 0.444. The molecular weight excluding hydrogens is 166 g/mol. The molecule has 3 N–H and O–H groups in total. The van der Waals surface area contributed by atoms with Gasteiger partial charge in [-0.15, -0.1) is 0 Å². The Hall–Kier alpha value is -1.13. The summed E-state index contributed by atoms with van der Waals surface area (Å²) in [6.07, 6.45) is 1.77. The van der Waals surface area contributed by atoms with Crippen LogP contribution < -0.4 is 16.2 Å². The van der Waals surface area contributed by atoms with E-state index in [1.54, 1.807) is 12.3 Å². The maximum atomic E-state index is 10.8. The van der Waals surface area contributed by atoms with E-state index in [-0.39, 0.29) is 5.56 Å². The molecule has 0 bridgehead atoms. The summed E-state index contributed by atoms with van der Waals surface area (Å²) in [4.78, 5) is 13.5. The third-order valence-electron chi connectivity index (χ3n) is 2.25. The molecular formula is C9H13N3O. The largest absolute Gasteiger partial charge is 0.329 e. The number of hydrogen-bond acceptors (Lipinski definition) is 3. The van der Waals surface area contributed by atoms with Crippen LogP contribution in [-0.2, 0) is 0 Å². The van der Waals surface area contributed by atoms with Crippen LogP contribution in [0.4, 0.5) is 0 Å². The average molecular weight is 179 g/mol. The number of aromatic amines is 1. The number of rotatable bonds is 1. The van der Waals surface area contributed by atoms with E-state index in [4.69, 9.17) is 0 Å². The summed E-state index contributed by atoms with van der Waals surface area (Å²) >= 11 is 0. The van der Waals surface area contributed by atoms with Gasteiger partial charge < -0.3 is 15.6 Å². The van der Waals surface area contributed by atoms with Crippen LogP contribution in [0.15, 0.2) is 23.1 Å². The third kappa shape index (κ3) is 1.96. The lowest BCUT2D eigenvalue weighted by atomic mass is 10.1. The first kappa shape index (κ1) is 8.47. The molecule has 70 valence electrons. The van der Waals surface area contributed by atoms with Gasteiger partial charge in [-0.3, -0.25) is 4.79 Å². The highest BCUT2D eigenvalue weighted by Gasteiger charge is 2.13. The van der Waals surface area contributed by atoms with Crippen LogP contribution >= 0.6 is 0 Å². The first-order valence-electron chi connectivity index (χ1n) is 4.49. The quantitative estimate of drug-likeness (QED) is 0.550. The van der Waals surface area contributed by atoms with E-state index < -0.39 is 0 Å². The summed E-state index contributed by atoms with van der Waals surface area (Å²) in [5, 5.41) is 6.66. The molecule has 1 aliphatic rings. The highest BCUT2D eigenvalue weighted by molar-refractivity contribution is 5.14. The number of nitrogens with one attached hydrogen (secondary N) is 3. The molecule has 1 aromatic heterocycles. The van der Waals surface area contributed by atoms with Crippen LogP contribution in [0.5, 0.6) is 0 Å². The fourth-order valence-corrected chi connectivity index (χ4v) is 1.53. The first-order chi connectivity index (χ1) is 6.36. The van der Waals surface area contributed by atoms with Crippen LogP contribution in [-0.4, -0.2) is 24.6 Å². The number of aromatic nitrogens is 1. The minimum absolute atomic E-state index is 0.0486. The second-order valence-corrected chi connectivity index (χ2v) is 3.20. The van der Waals surface area contributed by atoms with Gasteiger partial charge in [0.1, 0.15) is 0 Å². The Balaban J connectivity index is 2.14. The van der Waals surface area contributed by atoms with Crippen molar-refractivity contribution in [3.63, 3.8) is 0 Å². The normalized spacial score (nSPS) is 22.9. The molecule has 4 heteroatoms. The van der Waals surface area contributed by atoms with E-state index in [0.29, 0.717) is 6.04 Å². The van der Waals surface area contributed by atoms with E-state index in [1.807, 2.05) is 6.07 Å². The van der Waals surface area contributed by atoms with Crippen LogP contribution in [0.3, 0.4) is 0 Å². The van der Waals surface area contributed by atoms with Gasteiger partial charge in [-0.2, -0.15) is 0 Å². The first-order valence-corrected chi connectivity index (χ1v) is 4.49. The van der Waals surface area contributed by atoms with Gasteiger partial charge in [0.05, 0.1) is 0 Å². The van der Waals surface area contributed by atoms with Gasteiger partial charge in [0.2, 0.25) is 5.56 Å². The lowest BCUT2D eigenvalue weighted by molar-refractivity contribution is 0.429. The van der Waals surface area contributed by atoms with E-state index in [2.05, 4.69) is 15.6 Å². The van der Waals surface area contributed by atoms with Gasteiger partial charge in [-0.05, 0) is 5.56 Å². The van der Waals surface area contributed by atoms with Gasteiger partial charge in [0, 0.05) is 37.9 Å². The SMILES string of the molecule is O=c1ccc([C@H]2CNCCN2)c[nH]1. The van der Waals surface area contributed by atoms with E-state index >= 15 is 0 Å². The van der Waals surface area contributed by atoms with Gasteiger partial charge in [-0.1, -0.05) is 6.07 Å². The van der Waals surface area contributed by atoms with Crippen LogP contribution in [0, 0.1) is 0 Å². The maximum Gasteiger partial charge on any atom is 0.247 e. The van der Waals surface area contributed by atoms with Crippen LogP contribution in [0.1, 0.15) is 11.6 Å². The standard InChI is InChI=1S/C9H13N3O/c13-9-2-1-7(5-12-9)8-6-10-3-4-11-8/h1-2,5,8,10-11H,3-4,6H2,(H,12,13)/t8-/m1/s1. The molecule has 4 nitrogen and oxygen atoms in total. The zero-order chi connectivity index (χ0) is 9.10.